The Balaban J connectivity index is 5.55. The first-order valence-corrected chi connectivity index (χ1v) is 4.49. The van der Waals surface area contributed by atoms with Crippen LogP contribution in [0.15, 0.2) is 11.9 Å². The smallest absolute Gasteiger partial charge is 0.426 e. The molecule has 0 rings (SSSR count). The fourth-order valence-electron chi connectivity index (χ4n) is 0.810. The summed E-state index contributed by atoms with van der Waals surface area (Å²) in [6.07, 6.45) is -14.0. The van der Waals surface area contributed by atoms with Crippen molar-refractivity contribution in [2.45, 2.75) is 24.1 Å². The number of hydrogen-bond donors (Lipinski definition) is 1. The van der Waals surface area contributed by atoms with Gasteiger partial charge in [0.05, 0.1) is 6.08 Å². The predicted molar refractivity (Wildman–Crippen MR) is 43.7 cm³/mol. The van der Waals surface area contributed by atoms with Crippen molar-refractivity contribution < 1.29 is 58.5 Å². The second-order valence-electron chi connectivity index (χ2n) is 3.38. The van der Waals surface area contributed by atoms with Gasteiger partial charge < -0.3 is 9.84 Å². The molecule has 0 spiro atoms. The zero-order valence-corrected chi connectivity index (χ0v) is 9.33. The van der Waals surface area contributed by atoms with Crippen LogP contribution in [0.4, 0.5) is 43.9 Å². The summed E-state index contributed by atoms with van der Waals surface area (Å²) < 4.78 is 126. The van der Waals surface area contributed by atoms with Crippen LogP contribution in [0.5, 0.6) is 0 Å². The Morgan fingerprint density at radius 3 is 1.76 bits per heavy atom. The van der Waals surface area contributed by atoms with E-state index in [4.69, 9.17) is 5.11 Å². The predicted octanol–water partition coefficient (Wildman–Crippen LogP) is 3.37. The van der Waals surface area contributed by atoms with Crippen LogP contribution in [0, 0.1) is 0 Å². The molecule has 0 bridgehead atoms. The summed E-state index contributed by atoms with van der Waals surface area (Å²) in [6, 6.07) is 0. The molecule has 0 saturated heterocycles. The second-order valence-corrected chi connectivity index (χ2v) is 3.38. The van der Waals surface area contributed by atoms with Crippen molar-refractivity contribution in [1.82, 2.24) is 0 Å². The Labute approximate surface area is 108 Å². The lowest BCUT2D eigenvalue weighted by molar-refractivity contribution is -0.391. The zero-order chi connectivity index (χ0) is 17.3. The molecular formula is C8H4F10O3. The first-order chi connectivity index (χ1) is 9.04. The highest BCUT2D eigenvalue weighted by atomic mass is 19.4. The van der Waals surface area contributed by atoms with E-state index in [1.165, 1.54) is 0 Å². The molecule has 1 N–H and O–H groups in total. The maximum Gasteiger partial charge on any atom is 0.426 e. The van der Waals surface area contributed by atoms with Crippen LogP contribution < -0.4 is 0 Å². The third kappa shape index (κ3) is 4.47. The minimum atomic E-state index is -6.78. The van der Waals surface area contributed by atoms with E-state index in [-0.39, 0.29) is 0 Å². The van der Waals surface area contributed by atoms with E-state index in [9.17, 15) is 48.7 Å². The van der Waals surface area contributed by atoms with Crippen molar-refractivity contribution in [3.63, 3.8) is 0 Å². The number of rotatable bonds is 6. The number of carboxylic acid groups (broad SMARTS) is 1. The molecule has 0 aromatic rings. The maximum absolute atomic E-state index is 12.8. The quantitative estimate of drug-likeness (QED) is 0.756. The lowest BCUT2D eigenvalue weighted by Crippen LogP contribution is -2.56. The molecule has 21 heavy (non-hydrogen) atoms. The maximum atomic E-state index is 12.8. The standard InChI is InChI=1S/C8H4F10O3/c9-3(1-5(10,11)12)6(13,14)7(15,16)8(17,18)21-2-4(19)20/h1H,2H2,(H,19,20)/b3-1-. The average Bonchev–Trinajstić information content (AvgIpc) is 2.23. The van der Waals surface area contributed by atoms with Crippen molar-refractivity contribution in [1.29, 1.82) is 0 Å². The largest absolute Gasteiger partial charge is 0.480 e. The summed E-state index contributed by atoms with van der Waals surface area (Å²) in [5.74, 6) is -19.5. The summed E-state index contributed by atoms with van der Waals surface area (Å²) in [5, 5.41) is 7.88. The van der Waals surface area contributed by atoms with Gasteiger partial charge in [-0.1, -0.05) is 0 Å². The van der Waals surface area contributed by atoms with E-state index in [1.54, 1.807) is 0 Å². The summed E-state index contributed by atoms with van der Waals surface area (Å²) in [5.41, 5.74) is 0. The third-order valence-electron chi connectivity index (χ3n) is 1.73. The molecule has 0 amide bonds. The fourth-order valence-corrected chi connectivity index (χ4v) is 0.810. The third-order valence-corrected chi connectivity index (χ3v) is 1.73. The molecule has 0 radical (unpaired) electrons. The van der Waals surface area contributed by atoms with Crippen LogP contribution in [-0.4, -0.2) is 41.8 Å². The SMILES string of the molecule is O=C(O)COC(F)(F)C(F)(F)C(F)(F)/C(F)=C/C(F)(F)F. The van der Waals surface area contributed by atoms with E-state index >= 15 is 0 Å². The molecule has 0 saturated carbocycles. The molecule has 124 valence electrons. The molecule has 0 aliphatic heterocycles. The molecule has 3 nitrogen and oxygen atoms in total. The minimum absolute atomic E-state index is 1.94. The van der Waals surface area contributed by atoms with Gasteiger partial charge in [0.25, 0.3) is 0 Å². The number of hydrogen-bond acceptors (Lipinski definition) is 2. The number of ether oxygens (including phenoxy) is 1. The van der Waals surface area contributed by atoms with Gasteiger partial charge in [-0.2, -0.15) is 39.5 Å². The summed E-state index contributed by atoms with van der Waals surface area (Å²) in [4.78, 5) is 9.82. The highest BCUT2D eigenvalue weighted by Gasteiger charge is 2.75. The van der Waals surface area contributed by atoms with E-state index < -0.39 is 48.6 Å². The van der Waals surface area contributed by atoms with Crippen LogP contribution in [0.25, 0.3) is 0 Å². The van der Waals surface area contributed by atoms with Crippen molar-refractivity contribution >= 4 is 5.97 Å². The van der Waals surface area contributed by atoms with Crippen LogP contribution in [-0.2, 0) is 9.53 Å². The molecule has 0 unspecified atom stereocenters. The number of alkyl halides is 9. The molecule has 0 atom stereocenters. The van der Waals surface area contributed by atoms with Crippen molar-refractivity contribution in [3.05, 3.63) is 11.9 Å². The molecule has 0 aliphatic rings. The molecule has 0 heterocycles. The Morgan fingerprint density at radius 2 is 1.43 bits per heavy atom. The normalized spacial score (nSPS) is 15.2. The lowest BCUT2D eigenvalue weighted by Gasteiger charge is -2.31. The first kappa shape index (κ1) is 19.5. The Bertz CT molecular complexity index is 425. The monoisotopic (exact) mass is 338 g/mol. The van der Waals surface area contributed by atoms with E-state index in [2.05, 4.69) is 4.74 Å². The van der Waals surface area contributed by atoms with Gasteiger partial charge in [-0.25, -0.2) is 9.18 Å². The van der Waals surface area contributed by atoms with Crippen LogP contribution in [0.1, 0.15) is 0 Å². The summed E-state index contributed by atoms with van der Waals surface area (Å²) in [6.45, 7) is -2.18. The fraction of sp³-hybridized carbons (Fsp3) is 0.625. The van der Waals surface area contributed by atoms with Gasteiger partial charge in [-0.3, -0.25) is 0 Å². The van der Waals surface area contributed by atoms with Crippen molar-refractivity contribution in [2.24, 2.45) is 0 Å². The Kier molecular flexibility index (Phi) is 5.28. The minimum Gasteiger partial charge on any atom is -0.480 e. The van der Waals surface area contributed by atoms with Crippen molar-refractivity contribution in [3.8, 4) is 0 Å². The number of halogens is 10. The number of carboxylic acids is 1. The Hall–Kier alpha value is -1.53. The first-order valence-electron chi connectivity index (χ1n) is 4.49. The van der Waals surface area contributed by atoms with E-state index in [0.29, 0.717) is 0 Å². The van der Waals surface area contributed by atoms with Gasteiger partial charge in [0, 0.05) is 0 Å². The molecule has 0 aromatic heterocycles. The number of aliphatic carboxylic acids is 1. The molecule has 13 heteroatoms. The highest BCUT2D eigenvalue weighted by Crippen LogP contribution is 2.50. The number of carbonyl (C=O) groups is 1. The zero-order valence-electron chi connectivity index (χ0n) is 9.33. The van der Waals surface area contributed by atoms with Gasteiger partial charge in [0.1, 0.15) is 0 Å². The highest BCUT2D eigenvalue weighted by molar-refractivity contribution is 5.68. The van der Waals surface area contributed by atoms with Gasteiger partial charge in [0.2, 0.25) is 0 Å². The van der Waals surface area contributed by atoms with Gasteiger partial charge in [0.15, 0.2) is 12.4 Å². The van der Waals surface area contributed by atoms with Crippen LogP contribution in [0.3, 0.4) is 0 Å². The van der Waals surface area contributed by atoms with Crippen LogP contribution in [0.2, 0.25) is 0 Å². The Morgan fingerprint density at radius 1 is 1.00 bits per heavy atom. The molecular weight excluding hydrogens is 334 g/mol. The van der Waals surface area contributed by atoms with Crippen LogP contribution >= 0.6 is 0 Å². The van der Waals surface area contributed by atoms with Gasteiger partial charge in [-0.05, 0) is 0 Å². The van der Waals surface area contributed by atoms with Crippen molar-refractivity contribution in [2.75, 3.05) is 6.61 Å². The van der Waals surface area contributed by atoms with Gasteiger partial charge in [-0.15, -0.1) is 0 Å². The lowest BCUT2D eigenvalue weighted by atomic mass is 10.1. The molecule has 0 aromatic carbocycles. The molecule has 0 aliphatic carbocycles. The van der Waals surface area contributed by atoms with E-state index in [1.807, 2.05) is 0 Å². The summed E-state index contributed by atoms with van der Waals surface area (Å²) in [7, 11) is 0. The van der Waals surface area contributed by atoms with E-state index in [0.717, 1.165) is 0 Å². The average molecular weight is 338 g/mol. The number of allylic oxidation sites excluding steroid dienone is 2. The second kappa shape index (κ2) is 5.69. The van der Waals surface area contributed by atoms with Gasteiger partial charge >= 0.3 is 30.1 Å². The molecule has 0 fully saturated rings. The summed E-state index contributed by atoms with van der Waals surface area (Å²) >= 11 is 0. The topological polar surface area (TPSA) is 46.5 Å².